The van der Waals surface area contributed by atoms with E-state index in [0.717, 1.165) is 13.1 Å². The highest BCUT2D eigenvalue weighted by Crippen LogP contribution is 2.41. The summed E-state index contributed by atoms with van der Waals surface area (Å²) < 4.78 is 27.8. The van der Waals surface area contributed by atoms with Gasteiger partial charge in [-0.15, -0.1) is 0 Å². The minimum atomic E-state index is -3.54. The maximum atomic E-state index is 13.1. The van der Waals surface area contributed by atoms with Crippen molar-refractivity contribution in [1.82, 2.24) is 9.21 Å². The molecule has 0 bridgehead atoms. The van der Waals surface area contributed by atoms with Crippen molar-refractivity contribution in [3.63, 3.8) is 0 Å². The summed E-state index contributed by atoms with van der Waals surface area (Å²) in [5.74, 6) is 0. The van der Waals surface area contributed by atoms with Crippen molar-refractivity contribution in [2.45, 2.75) is 30.2 Å². The van der Waals surface area contributed by atoms with Gasteiger partial charge in [-0.2, -0.15) is 4.31 Å². The van der Waals surface area contributed by atoms with Gasteiger partial charge >= 0.3 is 0 Å². The molecule has 2 heterocycles. The topological polar surface area (TPSA) is 40.6 Å². The zero-order valence-electron chi connectivity index (χ0n) is 15.0. The normalized spacial score (nSPS) is 23.3. The third-order valence-corrected chi connectivity index (χ3v) is 7.63. The lowest BCUT2D eigenvalue weighted by Crippen LogP contribution is -2.55. The van der Waals surface area contributed by atoms with Crippen molar-refractivity contribution in [3.8, 4) is 0 Å². The van der Waals surface area contributed by atoms with Crippen molar-refractivity contribution < 1.29 is 8.42 Å². The molecule has 0 saturated carbocycles. The second kappa shape index (κ2) is 6.34. The second-order valence-electron chi connectivity index (χ2n) is 7.78. The van der Waals surface area contributed by atoms with Crippen LogP contribution in [0.5, 0.6) is 0 Å². The van der Waals surface area contributed by atoms with Gasteiger partial charge in [0.1, 0.15) is 0 Å². The molecule has 138 valence electrons. The molecule has 2 aromatic rings. The van der Waals surface area contributed by atoms with Gasteiger partial charge in [0.15, 0.2) is 0 Å². The Morgan fingerprint density at radius 1 is 1.08 bits per heavy atom. The molecule has 4 rings (SSSR count). The molecule has 26 heavy (non-hydrogen) atoms. The Morgan fingerprint density at radius 2 is 1.85 bits per heavy atom. The molecule has 1 saturated heterocycles. The van der Waals surface area contributed by atoms with Crippen LogP contribution in [0.25, 0.3) is 0 Å². The summed E-state index contributed by atoms with van der Waals surface area (Å²) in [6, 6.07) is 15.1. The molecule has 0 spiro atoms. The summed E-state index contributed by atoms with van der Waals surface area (Å²) in [7, 11) is -3.54. The maximum absolute atomic E-state index is 13.1. The summed E-state index contributed by atoms with van der Waals surface area (Å²) in [5, 5.41) is 0.439. The number of sulfonamides is 1. The molecule has 1 atom stereocenters. The highest BCUT2D eigenvalue weighted by atomic mass is 35.5. The molecule has 0 aliphatic carbocycles. The van der Waals surface area contributed by atoms with Gasteiger partial charge in [0.05, 0.1) is 4.90 Å². The molecule has 0 radical (unpaired) electrons. The Morgan fingerprint density at radius 3 is 2.62 bits per heavy atom. The van der Waals surface area contributed by atoms with Crippen molar-refractivity contribution in [3.05, 3.63) is 64.7 Å². The summed E-state index contributed by atoms with van der Waals surface area (Å²) in [6.45, 7) is 7.18. The predicted molar refractivity (Wildman–Crippen MR) is 104 cm³/mol. The lowest BCUT2D eigenvalue weighted by molar-refractivity contribution is 0.0807. The van der Waals surface area contributed by atoms with Crippen LogP contribution in [0.3, 0.4) is 0 Å². The molecule has 1 unspecified atom stereocenters. The molecular weight excluding hydrogens is 368 g/mol. The van der Waals surface area contributed by atoms with E-state index in [9.17, 15) is 8.42 Å². The highest BCUT2D eigenvalue weighted by molar-refractivity contribution is 7.89. The van der Waals surface area contributed by atoms with E-state index in [1.165, 1.54) is 17.2 Å². The van der Waals surface area contributed by atoms with Crippen LogP contribution in [-0.2, 0) is 15.4 Å². The summed E-state index contributed by atoms with van der Waals surface area (Å²) in [6.07, 6.45) is 0. The molecule has 1 fully saturated rings. The van der Waals surface area contributed by atoms with Crippen LogP contribution in [0.4, 0.5) is 0 Å². The van der Waals surface area contributed by atoms with Gasteiger partial charge in [0.2, 0.25) is 10.0 Å². The van der Waals surface area contributed by atoms with E-state index in [2.05, 4.69) is 36.9 Å². The average Bonchev–Trinajstić information content (AvgIpc) is 2.61. The smallest absolute Gasteiger partial charge is 0.243 e. The fraction of sp³-hybridized carbons (Fsp3) is 0.400. The van der Waals surface area contributed by atoms with Crippen LogP contribution < -0.4 is 0 Å². The lowest BCUT2D eigenvalue weighted by atomic mass is 9.75. The van der Waals surface area contributed by atoms with Crippen molar-refractivity contribution >= 4 is 21.6 Å². The van der Waals surface area contributed by atoms with Crippen LogP contribution in [0.1, 0.15) is 31.0 Å². The molecule has 2 aromatic carbocycles. The Labute approximate surface area is 160 Å². The number of hydrogen-bond acceptors (Lipinski definition) is 3. The predicted octanol–water partition coefficient (Wildman–Crippen LogP) is 3.68. The van der Waals surface area contributed by atoms with E-state index in [0.29, 0.717) is 18.1 Å². The first kappa shape index (κ1) is 18.0. The number of hydrogen-bond donors (Lipinski definition) is 0. The molecule has 2 aliphatic rings. The monoisotopic (exact) mass is 390 g/mol. The molecule has 0 amide bonds. The molecule has 4 nitrogen and oxygen atoms in total. The van der Waals surface area contributed by atoms with E-state index in [1.54, 1.807) is 22.5 Å². The summed E-state index contributed by atoms with van der Waals surface area (Å²) in [4.78, 5) is 2.69. The minimum Gasteiger partial charge on any atom is -0.293 e. The fourth-order valence-corrected chi connectivity index (χ4v) is 6.01. The maximum Gasteiger partial charge on any atom is 0.243 e. The van der Waals surface area contributed by atoms with Crippen LogP contribution in [0.15, 0.2) is 53.4 Å². The standard InChI is InChI=1S/C20H23ClN2O2S/c1-20(2)14-22-10-11-23(13-19(22)17-8-3-4-9-18(17)20)26(24,25)16-7-5-6-15(21)12-16/h3-9,12,19H,10-11,13-14H2,1-2H3. The Bertz CT molecular complexity index is 942. The molecule has 2 aliphatic heterocycles. The van der Waals surface area contributed by atoms with Crippen molar-refractivity contribution in [1.29, 1.82) is 0 Å². The molecular formula is C20H23ClN2O2S. The first-order valence-corrected chi connectivity index (χ1v) is 10.7. The number of nitrogens with zero attached hydrogens (tertiary/aromatic N) is 2. The quantitative estimate of drug-likeness (QED) is 0.785. The summed E-state index contributed by atoms with van der Waals surface area (Å²) in [5.41, 5.74) is 2.64. The van der Waals surface area contributed by atoms with Gasteiger partial charge in [-0.05, 0) is 29.3 Å². The Hall–Kier alpha value is -1.40. The van der Waals surface area contributed by atoms with E-state index in [-0.39, 0.29) is 16.4 Å². The number of benzene rings is 2. The Balaban J connectivity index is 1.69. The van der Waals surface area contributed by atoms with E-state index in [4.69, 9.17) is 11.6 Å². The average molecular weight is 391 g/mol. The SMILES string of the molecule is CC1(C)CN2CCN(S(=O)(=O)c3cccc(Cl)c3)CC2c2ccccc21. The van der Waals surface area contributed by atoms with Gasteiger partial charge < -0.3 is 0 Å². The minimum absolute atomic E-state index is 0.0705. The van der Waals surface area contributed by atoms with Gasteiger partial charge in [-0.1, -0.05) is 55.8 Å². The van der Waals surface area contributed by atoms with Crippen LogP contribution in [-0.4, -0.2) is 43.8 Å². The largest absolute Gasteiger partial charge is 0.293 e. The van der Waals surface area contributed by atoms with Gasteiger partial charge in [0, 0.05) is 42.7 Å². The molecule has 0 N–H and O–H groups in total. The third-order valence-electron chi connectivity index (χ3n) is 5.54. The van der Waals surface area contributed by atoms with Crippen LogP contribution in [0, 0.1) is 0 Å². The van der Waals surface area contributed by atoms with Crippen LogP contribution in [0.2, 0.25) is 5.02 Å². The Kier molecular flexibility index (Phi) is 4.39. The highest BCUT2D eigenvalue weighted by Gasteiger charge is 2.42. The van der Waals surface area contributed by atoms with Gasteiger partial charge in [0.25, 0.3) is 0 Å². The molecule has 6 heteroatoms. The number of fused-ring (bicyclic) bond motifs is 3. The first-order valence-electron chi connectivity index (χ1n) is 8.88. The summed E-state index contributed by atoms with van der Waals surface area (Å²) >= 11 is 6.01. The number of halogens is 1. The second-order valence-corrected chi connectivity index (χ2v) is 10.2. The third kappa shape index (κ3) is 2.97. The fourth-order valence-electron chi connectivity index (χ4n) is 4.27. The zero-order chi connectivity index (χ0) is 18.5. The van der Waals surface area contributed by atoms with Gasteiger partial charge in [-0.25, -0.2) is 8.42 Å². The number of piperazine rings is 1. The van der Waals surface area contributed by atoms with Crippen molar-refractivity contribution in [2.75, 3.05) is 26.2 Å². The lowest BCUT2D eigenvalue weighted by Gasteiger charge is -2.49. The van der Waals surface area contributed by atoms with E-state index in [1.807, 2.05) is 6.07 Å². The van der Waals surface area contributed by atoms with Crippen molar-refractivity contribution in [2.24, 2.45) is 0 Å². The zero-order valence-corrected chi connectivity index (χ0v) is 16.6. The van der Waals surface area contributed by atoms with E-state index < -0.39 is 10.0 Å². The van der Waals surface area contributed by atoms with Crippen LogP contribution >= 0.6 is 11.6 Å². The van der Waals surface area contributed by atoms with E-state index >= 15 is 0 Å². The molecule has 0 aromatic heterocycles. The van der Waals surface area contributed by atoms with Gasteiger partial charge in [-0.3, -0.25) is 4.90 Å². The first-order chi connectivity index (χ1) is 12.3. The number of rotatable bonds is 2.